The molecule has 0 aromatic rings. The van der Waals surface area contributed by atoms with Gasteiger partial charge in [-0.3, -0.25) is 0 Å². The fraction of sp³-hybridized carbons (Fsp3) is 0.857. The zero-order chi connectivity index (χ0) is 12.3. The highest BCUT2D eigenvalue weighted by atomic mass is 16.7. The van der Waals surface area contributed by atoms with E-state index in [1.165, 1.54) is 11.1 Å². The average molecular weight is 226 g/mol. The molecule has 0 aliphatic carbocycles. The summed E-state index contributed by atoms with van der Waals surface area (Å²) in [6, 6.07) is 0. The highest BCUT2D eigenvalue weighted by Crippen LogP contribution is 2.30. The summed E-state index contributed by atoms with van der Waals surface area (Å²) in [4.78, 5) is 0. The van der Waals surface area contributed by atoms with Gasteiger partial charge < -0.3 is 9.47 Å². The van der Waals surface area contributed by atoms with E-state index >= 15 is 0 Å². The summed E-state index contributed by atoms with van der Waals surface area (Å²) in [5, 5.41) is 0. The van der Waals surface area contributed by atoms with Crippen molar-refractivity contribution in [2.24, 2.45) is 5.92 Å². The Morgan fingerprint density at radius 2 is 2.00 bits per heavy atom. The second-order valence-electron chi connectivity index (χ2n) is 5.36. The van der Waals surface area contributed by atoms with Crippen molar-refractivity contribution >= 4 is 0 Å². The summed E-state index contributed by atoms with van der Waals surface area (Å²) in [5.74, 6) is 0.180. The van der Waals surface area contributed by atoms with E-state index in [-0.39, 0.29) is 6.10 Å². The molecule has 0 aromatic heterocycles. The molecular weight excluding hydrogens is 200 g/mol. The molecular formula is C14H26O2. The third kappa shape index (κ3) is 3.33. The topological polar surface area (TPSA) is 18.5 Å². The minimum Gasteiger partial charge on any atom is -0.350 e. The van der Waals surface area contributed by atoms with Crippen LogP contribution in [0.25, 0.3) is 0 Å². The van der Waals surface area contributed by atoms with Crippen LogP contribution in [0.15, 0.2) is 11.1 Å². The molecule has 1 atom stereocenters. The van der Waals surface area contributed by atoms with Crippen LogP contribution in [0.1, 0.15) is 54.4 Å². The van der Waals surface area contributed by atoms with Crippen molar-refractivity contribution in [2.45, 2.75) is 66.3 Å². The first-order chi connectivity index (χ1) is 7.37. The van der Waals surface area contributed by atoms with E-state index in [9.17, 15) is 0 Å². The minimum absolute atomic E-state index is 0.237. The zero-order valence-electron chi connectivity index (χ0n) is 11.6. The number of allylic oxidation sites excluding steroid dienone is 1. The summed E-state index contributed by atoms with van der Waals surface area (Å²) in [6.45, 7) is 13.7. The average Bonchev–Trinajstić information content (AvgIpc) is 2.16. The molecule has 16 heavy (non-hydrogen) atoms. The Bertz CT molecular complexity index is 264. The van der Waals surface area contributed by atoms with Crippen LogP contribution in [0.3, 0.4) is 0 Å². The molecule has 1 fully saturated rings. The number of ether oxygens (including phenoxy) is 2. The van der Waals surface area contributed by atoms with Crippen molar-refractivity contribution in [1.29, 1.82) is 0 Å². The first-order valence-electron chi connectivity index (χ1n) is 6.38. The Hall–Kier alpha value is -0.340. The van der Waals surface area contributed by atoms with E-state index in [1.54, 1.807) is 0 Å². The highest BCUT2D eigenvalue weighted by molar-refractivity contribution is 5.18. The first kappa shape index (κ1) is 13.7. The second-order valence-corrected chi connectivity index (χ2v) is 5.36. The van der Waals surface area contributed by atoms with Crippen molar-refractivity contribution in [1.82, 2.24) is 0 Å². The van der Waals surface area contributed by atoms with Crippen molar-refractivity contribution in [3.63, 3.8) is 0 Å². The predicted molar refractivity (Wildman–Crippen MR) is 67.4 cm³/mol. The summed E-state index contributed by atoms with van der Waals surface area (Å²) in [5.41, 5.74) is 2.94. The van der Waals surface area contributed by atoms with E-state index in [1.807, 2.05) is 13.8 Å². The normalized spacial score (nSPS) is 26.8. The van der Waals surface area contributed by atoms with Crippen LogP contribution < -0.4 is 0 Å². The molecule has 1 aliphatic heterocycles. The number of hydrogen-bond acceptors (Lipinski definition) is 2. The Balaban J connectivity index is 2.83. The zero-order valence-corrected chi connectivity index (χ0v) is 11.6. The van der Waals surface area contributed by atoms with Gasteiger partial charge in [-0.1, -0.05) is 26.3 Å². The highest BCUT2D eigenvalue weighted by Gasteiger charge is 2.31. The lowest BCUT2D eigenvalue weighted by atomic mass is 9.91. The van der Waals surface area contributed by atoms with Gasteiger partial charge in [0.05, 0.1) is 12.7 Å². The fourth-order valence-electron chi connectivity index (χ4n) is 2.50. The molecule has 1 aliphatic rings. The van der Waals surface area contributed by atoms with E-state index in [0.717, 1.165) is 19.4 Å². The van der Waals surface area contributed by atoms with Crippen molar-refractivity contribution in [3.8, 4) is 0 Å². The van der Waals surface area contributed by atoms with E-state index in [0.29, 0.717) is 5.92 Å². The van der Waals surface area contributed by atoms with Crippen LogP contribution in [-0.2, 0) is 9.47 Å². The largest absolute Gasteiger partial charge is 0.350 e. The molecule has 2 heteroatoms. The molecule has 0 N–H and O–H groups in total. The van der Waals surface area contributed by atoms with Crippen LogP contribution in [-0.4, -0.2) is 18.5 Å². The summed E-state index contributed by atoms with van der Waals surface area (Å²) < 4.78 is 11.6. The lowest BCUT2D eigenvalue weighted by molar-refractivity contribution is -0.265. The Morgan fingerprint density at radius 3 is 2.44 bits per heavy atom. The third-order valence-electron chi connectivity index (χ3n) is 3.32. The van der Waals surface area contributed by atoms with Gasteiger partial charge in [0.15, 0.2) is 5.79 Å². The third-order valence-corrected chi connectivity index (χ3v) is 3.32. The molecule has 0 saturated carbocycles. The fourth-order valence-corrected chi connectivity index (χ4v) is 2.50. The van der Waals surface area contributed by atoms with Crippen molar-refractivity contribution in [2.75, 3.05) is 6.61 Å². The molecule has 2 nitrogen and oxygen atoms in total. The molecule has 94 valence electrons. The Morgan fingerprint density at radius 1 is 1.38 bits per heavy atom. The maximum atomic E-state index is 5.99. The van der Waals surface area contributed by atoms with Crippen LogP contribution in [0, 0.1) is 5.92 Å². The molecule has 0 bridgehead atoms. The molecule has 0 amide bonds. The van der Waals surface area contributed by atoms with Crippen LogP contribution in [0.2, 0.25) is 0 Å². The van der Waals surface area contributed by atoms with Gasteiger partial charge >= 0.3 is 0 Å². The minimum atomic E-state index is -0.431. The molecule has 0 aromatic carbocycles. The SMILES string of the molecule is CCC(=C(C)C1CCOC(C)(C)O1)C(C)C. The van der Waals surface area contributed by atoms with E-state index in [4.69, 9.17) is 9.47 Å². The Labute approximate surface area is 100 Å². The van der Waals surface area contributed by atoms with Gasteiger partial charge in [0, 0.05) is 6.42 Å². The summed E-state index contributed by atoms with van der Waals surface area (Å²) >= 11 is 0. The second kappa shape index (κ2) is 5.33. The monoisotopic (exact) mass is 226 g/mol. The molecule has 1 rings (SSSR count). The first-order valence-corrected chi connectivity index (χ1v) is 6.38. The predicted octanol–water partition coefficient (Wildman–Crippen LogP) is 3.91. The van der Waals surface area contributed by atoms with Gasteiger partial charge in [-0.15, -0.1) is 0 Å². The quantitative estimate of drug-likeness (QED) is 0.679. The molecule has 0 radical (unpaired) electrons. The van der Waals surface area contributed by atoms with Crippen LogP contribution in [0.4, 0.5) is 0 Å². The van der Waals surface area contributed by atoms with Gasteiger partial charge in [0.1, 0.15) is 0 Å². The van der Waals surface area contributed by atoms with Crippen LogP contribution in [0.5, 0.6) is 0 Å². The van der Waals surface area contributed by atoms with Crippen LogP contribution >= 0.6 is 0 Å². The number of rotatable bonds is 3. The maximum absolute atomic E-state index is 5.99. The van der Waals surface area contributed by atoms with Crippen molar-refractivity contribution in [3.05, 3.63) is 11.1 Å². The Kier molecular flexibility index (Phi) is 4.57. The molecule has 1 saturated heterocycles. The maximum Gasteiger partial charge on any atom is 0.163 e. The van der Waals surface area contributed by atoms with Gasteiger partial charge in [0.25, 0.3) is 0 Å². The summed E-state index contributed by atoms with van der Waals surface area (Å²) in [7, 11) is 0. The van der Waals surface area contributed by atoms with Crippen molar-refractivity contribution < 1.29 is 9.47 Å². The van der Waals surface area contributed by atoms with E-state index in [2.05, 4.69) is 27.7 Å². The lowest BCUT2D eigenvalue weighted by Crippen LogP contribution is -2.40. The number of hydrogen-bond donors (Lipinski definition) is 0. The van der Waals surface area contributed by atoms with Gasteiger partial charge in [-0.05, 0) is 38.7 Å². The van der Waals surface area contributed by atoms with Gasteiger partial charge in [-0.2, -0.15) is 0 Å². The smallest absolute Gasteiger partial charge is 0.163 e. The summed E-state index contributed by atoms with van der Waals surface area (Å²) in [6.07, 6.45) is 2.33. The molecule has 1 unspecified atom stereocenters. The molecule has 1 heterocycles. The van der Waals surface area contributed by atoms with E-state index < -0.39 is 5.79 Å². The standard InChI is InChI=1S/C14H26O2/c1-7-12(10(2)3)11(4)13-8-9-15-14(5,6)16-13/h10,13H,7-9H2,1-6H3. The van der Waals surface area contributed by atoms with Gasteiger partial charge in [0.2, 0.25) is 0 Å². The lowest BCUT2D eigenvalue weighted by Gasteiger charge is -2.37. The molecule has 0 spiro atoms. The van der Waals surface area contributed by atoms with Gasteiger partial charge in [-0.25, -0.2) is 0 Å².